The summed E-state index contributed by atoms with van der Waals surface area (Å²) in [4.78, 5) is 35.4. The highest BCUT2D eigenvalue weighted by atomic mass is 31.2. The SMILES string of the molecule is CCCCC/C=C\C/C=C\C/C=C\CCCCCCC(=O)OC[C@H](COP(=O)(O)OCC[N+](C)(C)C)OC(=O)CCCCCCCCCCCCCCCCCC. The van der Waals surface area contributed by atoms with Crippen molar-refractivity contribution in [2.75, 3.05) is 47.5 Å². The maximum absolute atomic E-state index is 12.7. The zero-order valence-electron chi connectivity index (χ0n) is 37.6. The number of nitrogens with zero attached hydrogens (tertiary/aromatic N) is 1. The molecular weight excluding hydrogens is 737 g/mol. The number of phosphoric ester groups is 1. The molecule has 0 aromatic carbocycles. The van der Waals surface area contributed by atoms with Crippen molar-refractivity contribution >= 4 is 19.8 Å². The molecule has 0 aromatic heterocycles. The summed E-state index contributed by atoms with van der Waals surface area (Å²) in [5, 5.41) is 0. The lowest BCUT2D eigenvalue weighted by atomic mass is 10.0. The first kappa shape index (κ1) is 55.2. The van der Waals surface area contributed by atoms with E-state index >= 15 is 0 Å². The summed E-state index contributed by atoms with van der Waals surface area (Å²) in [7, 11) is 1.47. The summed E-state index contributed by atoms with van der Waals surface area (Å²) in [5.74, 6) is -0.818. The number of ether oxygens (including phenoxy) is 2. The van der Waals surface area contributed by atoms with E-state index in [2.05, 4.69) is 50.3 Å². The molecule has 9 nitrogen and oxygen atoms in total. The highest BCUT2D eigenvalue weighted by Gasteiger charge is 2.27. The van der Waals surface area contributed by atoms with Crippen molar-refractivity contribution in [2.45, 2.75) is 206 Å². The summed E-state index contributed by atoms with van der Waals surface area (Å²) < 4.78 is 34.3. The van der Waals surface area contributed by atoms with Gasteiger partial charge in [0.15, 0.2) is 6.10 Å². The molecule has 0 aliphatic carbocycles. The van der Waals surface area contributed by atoms with Crippen molar-refractivity contribution < 1.29 is 42.1 Å². The second kappa shape index (κ2) is 39.7. The molecule has 0 fully saturated rings. The number of allylic oxidation sites excluding steroid dienone is 6. The van der Waals surface area contributed by atoms with E-state index in [0.29, 0.717) is 23.9 Å². The Bertz CT molecular complexity index is 1070. The minimum absolute atomic E-state index is 0.0287. The van der Waals surface area contributed by atoms with Gasteiger partial charge in [-0.2, -0.15) is 0 Å². The largest absolute Gasteiger partial charge is 0.472 e. The van der Waals surface area contributed by atoms with Crippen LogP contribution in [0.2, 0.25) is 0 Å². The molecule has 0 bridgehead atoms. The molecule has 0 heterocycles. The number of quaternary nitrogens is 1. The lowest BCUT2D eigenvalue weighted by Gasteiger charge is -2.24. The zero-order valence-corrected chi connectivity index (χ0v) is 38.5. The van der Waals surface area contributed by atoms with E-state index in [4.69, 9.17) is 18.5 Å². The van der Waals surface area contributed by atoms with Crippen LogP contribution in [0.25, 0.3) is 0 Å². The second-order valence-corrected chi connectivity index (χ2v) is 18.2. The van der Waals surface area contributed by atoms with E-state index in [1.165, 1.54) is 109 Å². The number of carbonyl (C=O) groups is 2. The van der Waals surface area contributed by atoms with Crippen LogP contribution >= 0.6 is 7.82 Å². The van der Waals surface area contributed by atoms with E-state index in [1.54, 1.807) is 0 Å². The van der Waals surface area contributed by atoms with Crippen molar-refractivity contribution in [1.29, 1.82) is 0 Å². The fraction of sp³-hybridized carbons (Fsp3) is 0.830. The first-order valence-corrected chi connectivity index (χ1v) is 24.7. The van der Waals surface area contributed by atoms with Gasteiger partial charge in [0.2, 0.25) is 0 Å². The van der Waals surface area contributed by atoms with Crippen LogP contribution in [0.5, 0.6) is 0 Å². The van der Waals surface area contributed by atoms with Crippen LogP contribution < -0.4 is 0 Å². The molecule has 10 heteroatoms. The molecule has 2 atom stereocenters. The summed E-state index contributed by atoms with van der Waals surface area (Å²) in [5.41, 5.74) is 0. The molecule has 0 saturated heterocycles. The van der Waals surface area contributed by atoms with Gasteiger partial charge in [-0.05, 0) is 51.4 Å². The Morgan fingerprint density at radius 1 is 0.544 bits per heavy atom. The van der Waals surface area contributed by atoms with Gasteiger partial charge in [-0.3, -0.25) is 18.6 Å². The lowest BCUT2D eigenvalue weighted by Crippen LogP contribution is -2.37. The van der Waals surface area contributed by atoms with Crippen LogP contribution in [0.15, 0.2) is 36.5 Å². The summed E-state index contributed by atoms with van der Waals surface area (Å²) in [6, 6.07) is 0. The Morgan fingerprint density at radius 2 is 0.947 bits per heavy atom. The Morgan fingerprint density at radius 3 is 1.44 bits per heavy atom. The fourth-order valence-corrected chi connectivity index (χ4v) is 7.00. The van der Waals surface area contributed by atoms with E-state index in [1.807, 2.05) is 21.1 Å². The first-order chi connectivity index (χ1) is 27.5. The molecule has 57 heavy (non-hydrogen) atoms. The maximum atomic E-state index is 12.7. The second-order valence-electron chi connectivity index (χ2n) is 16.8. The Hall–Kier alpha value is -1.77. The van der Waals surface area contributed by atoms with Gasteiger partial charge in [-0.1, -0.05) is 172 Å². The molecule has 0 rings (SSSR count). The molecule has 0 aromatic rings. The number of esters is 2. The number of rotatable bonds is 42. The van der Waals surface area contributed by atoms with E-state index < -0.39 is 26.5 Å². The number of phosphoric acid groups is 1. The van der Waals surface area contributed by atoms with E-state index in [9.17, 15) is 19.0 Å². The minimum Gasteiger partial charge on any atom is -0.462 e. The van der Waals surface area contributed by atoms with Crippen LogP contribution in [0.3, 0.4) is 0 Å². The van der Waals surface area contributed by atoms with E-state index in [-0.39, 0.29) is 32.0 Å². The molecule has 0 amide bonds. The summed E-state index contributed by atoms with van der Waals surface area (Å²) >= 11 is 0. The van der Waals surface area contributed by atoms with Crippen LogP contribution in [-0.2, 0) is 32.7 Å². The molecule has 0 radical (unpaired) electrons. The summed E-state index contributed by atoms with van der Waals surface area (Å²) in [6.07, 6.45) is 44.7. The van der Waals surface area contributed by atoms with Crippen molar-refractivity contribution in [1.82, 2.24) is 0 Å². The monoisotopic (exact) mass is 827 g/mol. The van der Waals surface area contributed by atoms with Gasteiger partial charge in [0.05, 0.1) is 27.7 Å². The number of hydrogen-bond donors (Lipinski definition) is 1. The molecule has 1 unspecified atom stereocenters. The van der Waals surface area contributed by atoms with Crippen LogP contribution in [-0.4, -0.2) is 74.9 Å². The quantitative estimate of drug-likeness (QED) is 0.0213. The van der Waals surface area contributed by atoms with E-state index in [0.717, 1.165) is 51.4 Å². The Labute approximate surface area is 351 Å². The Balaban J connectivity index is 4.36. The van der Waals surface area contributed by atoms with Gasteiger partial charge in [-0.25, -0.2) is 4.57 Å². The van der Waals surface area contributed by atoms with Gasteiger partial charge in [0.1, 0.15) is 19.8 Å². The van der Waals surface area contributed by atoms with Crippen LogP contribution in [0.4, 0.5) is 0 Å². The van der Waals surface area contributed by atoms with Gasteiger partial charge < -0.3 is 18.9 Å². The number of unbranched alkanes of at least 4 members (excludes halogenated alkanes) is 22. The first-order valence-electron chi connectivity index (χ1n) is 23.2. The van der Waals surface area contributed by atoms with Crippen molar-refractivity contribution in [3.8, 4) is 0 Å². The van der Waals surface area contributed by atoms with Crippen LogP contribution in [0, 0.1) is 0 Å². The molecule has 0 aliphatic heterocycles. The average molecular weight is 827 g/mol. The van der Waals surface area contributed by atoms with Crippen LogP contribution in [0.1, 0.15) is 200 Å². The number of carbonyl (C=O) groups excluding carboxylic acids is 2. The third-order valence-electron chi connectivity index (χ3n) is 9.92. The highest BCUT2D eigenvalue weighted by Crippen LogP contribution is 2.43. The van der Waals surface area contributed by atoms with Gasteiger partial charge in [0, 0.05) is 12.8 Å². The smallest absolute Gasteiger partial charge is 0.462 e. The van der Waals surface area contributed by atoms with Gasteiger partial charge >= 0.3 is 19.8 Å². The maximum Gasteiger partial charge on any atom is 0.472 e. The number of hydrogen-bond acceptors (Lipinski definition) is 7. The van der Waals surface area contributed by atoms with Crippen molar-refractivity contribution in [2.24, 2.45) is 0 Å². The third-order valence-corrected chi connectivity index (χ3v) is 10.9. The zero-order chi connectivity index (χ0) is 42.1. The lowest BCUT2D eigenvalue weighted by molar-refractivity contribution is -0.870. The average Bonchev–Trinajstić information content (AvgIpc) is 3.16. The van der Waals surface area contributed by atoms with Gasteiger partial charge in [-0.15, -0.1) is 0 Å². The fourth-order valence-electron chi connectivity index (χ4n) is 6.26. The minimum atomic E-state index is -4.38. The topological polar surface area (TPSA) is 108 Å². The van der Waals surface area contributed by atoms with Gasteiger partial charge in [0.25, 0.3) is 0 Å². The summed E-state index contributed by atoms with van der Waals surface area (Å²) in [6.45, 7) is 4.39. The standard InChI is InChI=1S/C47H88NO8P/c1-6-8-10-12-14-16-18-20-22-24-26-27-29-31-33-35-37-39-46(49)53-43-45(44-55-57(51,52)54-42-41-48(3,4)5)56-47(50)40-38-36-34-32-30-28-25-23-21-19-17-15-13-11-9-7-2/h14,16,20,22,26-27,45H,6-13,15,17-19,21,23-25,28-44H2,1-5H3/p+1/b16-14-,22-20-,27-26-/t45-/m1/s1. The number of likely N-dealkylation sites (N-methyl/N-ethyl adjacent to an activating group) is 1. The molecule has 334 valence electrons. The predicted molar refractivity (Wildman–Crippen MR) is 238 cm³/mol. The molecule has 0 saturated carbocycles. The highest BCUT2D eigenvalue weighted by molar-refractivity contribution is 7.47. The molecule has 1 N–H and O–H groups in total. The molecule has 0 spiro atoms. The molecular formula is C47H89NO8P+. The third kappa shape index (κ3) is 43.6. The normalized spacial score (nSPS) is 13.9. The van der Waals surface area contributed by atoms with Crippen molar-refractivity contribution in [3.05, 3.63) is 36.5 Å². The van der Waals surface area contributed by atoms with Crippen molar-refractivity contribution in [3.63, 3.8) is 0 Å². The Kier molecular flexibility index (Phi) is 38.4. The molecule has 0 aliphatic rings. The predicted octanol–water partition coefficient (Wildman–Crippen LogP) is 13.3.